The lowest BCUT2D eigenvalue weighted by Crippen LogP contribution is -2.29. The average molecular weight is 261 g/mol. The summed E-state index contributed by atoms with van der Waals surface area (Å²) in [4.78, 5) is 0. The Kier molecular flexibility index (Phi) is 5.00. The van der Waals surface area contributed by atoms with Crippen molar-refractivity contribution < 1.29 is 9.52 Å². The van der Waals surface area contributed by atoms with Gasteiger partial charge in [0, 0.05) is 36.6 Å². The lowest BCUT2D eigenvalue weighted by atomic mass is 10.1. The Morgan fingerprint density at radius 3 is 2.74 bits per heavy atom. The predicted octanol–water partition coefficient (Wildman–Crippen LogP) is 3.25. The minimum absolute atomic E-state index is 0.234. The zero-order valence-electron chi connectivity index (χ0n) is 11.8. The maximum Gasteiger partial charge on any atom is 0.134 e. The molecule has 0 aliphatic rings. The van der Waals surface area contributed by atoms with Gasteiger partial charge >= 0.3 is 0 Å². The molecule has 0 saturated carbocycles. The van der Waals surface area contributed by atoms with Crippen molar-refractivity contribution in [2.24, 2.45) is 0 Å². The van der Waals surface area contributed by atoms with Gasteiger partial charge in [-0.3, -0.25) is 0 Å². The zero-order valence-corrected chi connectivity index (χ0v) is 11.8. The van der Waals surface area contributed by atoms with Gasteiger partial charge in [0.2, 0.25) is 0 Å². The Balaban J connectivity index is 2.18. The van der Waals surface area contributed by atoms with Crippen LogP contribution in [0.1, 0.15) is 38.0 Å². The molecule has 0 radical (unpaired) electrons. The first-order valence-corrected chi connectivity index (χ1v) is 7.13. The second-order valence-corrected chi connectivity index (χ2v) is 4.85. The molecule has 1 aromatic heterocycles. The molecule has 2 rings (SSSR count). The highest BCUT2D eigenvalue weighted by Gasteiger charge is 2.13. The second-order valence-electron chi connectivity index (χ2n) is 4.85. The molecule has 2 N–H and O–H groups in total. The van der Waals surface area contributed by atoms with Crippen LogP contribution in [-0.2, 0) is 13.0 Å². The molecule has 104 valence electrons. The van der Waals surface area contributed by atoms with E-state index in [1.165, 1.54) is 10.9 Å². The molecule has 2 aromatic rings. The summed E-state index contributed by atoms with van der Waals surface area (Å²) in [7, 11) is 0. The maximum absolute atomic E-state index is 9.04. The Labute approximate surface area is 114 Å². The molecule has 1 aromatic carbocycles. The first-order valence-electron chi connectivity index (χ1n) is 7.13. The van der Waals surface area contributed by atoms with E-state index in [2.05, 4.69) is 25.2 Å². The molecule has 0 amide bonds. The molecule has 3 heteroatoms. The average Bonchev–Trinajstić information content (AvgIpc) is 2.81. The van der Waals surface area contributed by atoms with Crippen LogP contribution in [0.2, 0.25) is 0 Å². The minimum atomic E-state index is 0.234. The van der Waals surface area contributed by atoms with Gasteiger partial charge in [-0.1, -0.05) is 32.0 Å². The number of hydrogen-bond acceptors (Lipinski definition) is 3. The molecule has 0 aliphatic heterocycles. The van der Waals surface area contributed by atoms with E-state index in [9.17, 15) is 0 Å². The van der Waals surface area contributed by atoms with Gasteiger partial charge < -0.3 is 14.8 Å². The van der Waals surface area contributed by atoms with Crippen LogP contribution >= 0.6 is 0 Å². The topological polar surface area (TPSA) is 45.4 Å². The molecule has 1 heterocycles. The van der Waals surface area contributed by atoms with Gasteiger partial charge in [0.05, 0.1) is 0 Å². The molecule has 19 heavy (non-hydrogen) atoms. The molecule has 0 aliphatic carbocycles. The van der Waals surface area contributed by atoms with Gasteiger partial charge in [-0.25, -0.2) is 0 Å². The van der Waals surface area contributed by atoms with Gasteiger partial charge in [0.25, 0.3) is 0 Å². The highest BCUT2D eigenvalue weighted by molar-refractivity contribution is 5.82. The highest BCUT2D eigenvalue weighted by atomic mass is 16.3. The van der Waals surface area contributed by atoms with E-state index in [0.29, 0.717) is 6.04 Å². The van der Waals surface area contributed by atoms with Crippen molar-refractivity contribution in [2.75, 3.05) is 6.61 Å². The van der Waals surface area contributed by atoms with Gasteiger partial charge in [-0.05, 0) is 18.9 Å². The van der Waals surface area contributed by atoms with Crippen LogP contribution in [-0.4, -0.2) is 17.8 Å². The highest BCUT2D eigenvalue weighted by Crippen LogP contribution is 2.26. The Morgan fingerprint density at radius 2 is 2.05 bits per heavy atom. The van der Waals surface area contributed by atoms with Crippen molar-refractivity contribution in [3.05, 3.63) is 35.6 Å². The van der Waals surface area contributed by atoms with Crippen LogP contribution in [0.5, 0.6) is 0 Å². The quantitative estimate of drug-likeness (QED) is 0.804. The smallest absolute Gasteiger partial charge is 0.134 e. The van der Waals surface area contributed by atoms with Crippen LogP contribution in [0.4, 0.5) is 0 Å². The van der Waals surface area contributed by atoms with Crippen molar-refractivity contribution in [2.45, 2.75) is 45.7 Å². The fraction of sp³-hybridized carbons (Fsp3) is 0.500. The summed E-state index contributed by atoms with van der Waals surface area (Å²) >= 11 is 0. The SMILES string of the molecule is CCc1oc2ccccc2c1CNC(CC)CCO. The number of aryl methyl sites for hydroxylation is 1. The summed E-state index contributed by atoms with van der Waals surface area (Å²) in [6.07, 6.45) is 2.73. The van der Waals surface area contributed by atoms with E-state index >= 15 is 0 Å². The van der Waals surface area contributed by atoms with E-state index in [1.54, 1.807) is 0 Å². The van der Waals surface area contributed by atoms with Crippen LogP contribution in [0.15, 0.2) is 28.7 Å². The predicted molar refractivity (Wildman–Crippen MR) is 78.2 cm³/mol. The lowest BCUT2D eigenvalue weighted by Gasteiger charge is -2.15. The van der Waals surface area contributed by atoms with E-state index in [1.807, 2.05) is 18.2 Å². The molecule has 1 unspecified atom stereocenters. The summed E-state index contributed by atoms with van der Waals surface area (Å²) in [6.45, 7) is 5.30. The molecular formula is C16H23NO2. The Morgan fingerprint density at radius 1 is 1.26 bits per heavy atom. The van der Waals surface area contributed by atoms with Gasteiger partial charge in [0.15, 0.2) is 0 Å². The van der Waals surface area contributed by atoms with Gasteiger partial charge in [-0.15, -0.1) is 0 Å². The third-order valence-electron chi connectivity index (χ3n) is 3.64. The third-order valence-corrected chi connectivity index (χ3v) is 3.64. The van der Waals surface area contributed by atoms with Crippen LogP contribution < -0.4 is 5.32 Å². The van der Waals surface area contributed by atoms with Gasteiger partial charge in [-0.2, -0.15) is 0 Å². The number of benzene rings is 1. The number of rotatable bonds is 7. The molecule has 0 spiro atoms. The number of fused-ring (bicyclic) bond motifs is 1. The van der Waals surface area contributed by atoms with E-state index in [4.69, 9.17) is 9.52 Å². The third kappa shape index (κ3) is 3.17. The monoisotopic (exact) mass is 261 g/mol. The van der Waals surface area contributed by atoms with Crippen molar-refractivity contribution in [3.63, 3.8) is 0 Å². The maximum atomic E-state index is 9.04. The normalized spacial score (nSPS) is 13.0. The number of furan rings is 1. The van der Waals surface area contributed by atoms with E-state index in [-0.39, 0.29) is 6.61 Å². The minimum Gasteiger partial charge on any atom is -0.461 e. The van der Waals surface area contributed by atoms with Crippen molar-refractivity contribution in [1.29, 1.82) is 0 Å². The second kappa shape index (κ2) is 6.73. The standard InChI is InChI=1S/C16H23NO2/c1-3-12(9-10-18)17-11-14-13-7-5-6-8-16(13)19-15(14)4-2/h5-8,12,17-18H,3-4,9-11H2,1-2H3. The lowest BCUT2D eigenvalue weighted by molar-refractivity contribution is 0.262. The van der Waals surface area contributed by atoms with Crippen molar-refractivity contribution in [1.82, 2.24) is 5.32 Å². The van der Waals surface area contributed by atoms with Crippen molar-refractivity contribution >= 4 is 11.0 Å². The van der Waals surface area contributed by atoms with Crippen LogP contribution in [0, 0.1) is 0 Å². The number of nitrogens with one attached hydrogen (secondary N) is 1. The largest absolute Gasteiger partial charge is 0.461 e. The fourth-order valence-corrected chi connectivity index (χ4v) is 2.48. The molecule has 1 atom stereocenters. The van der Waals surface area contributed by atoms with Gasteiger partial charge in [0.1, 0.15) is 11.3 Å². The van der Waals surface area contributed by atoms with E-state index in [0.717, 1.165) is 37.2 Å². The van der Waals surface area contributed by atoms with Crippen molar-refractivity contribution in [3.8, 4) is 0 Å². The Hall–Kier alpha value is -1.32. The molecule has 0 saturated heterocycles. The number of hydrogen-bond donors (Lipinski definition) is 2. The van der Waals surface area contributed by atoms with E-state index < -0.39 is 0 Å². The molecular weight excluding hydrogens is 238 g/mol. The number of aliphatic hydroxyl groups is 1. The molecule has 3 nitrogen and oxygen atoms in total. The van der Waals surface area contributed by atoms with Crippen LogP contribution in [0.3, 0.4) is 0 Å². The molecule has 0 fully saturated rings. The summed E-state index contributed by atoms with van der Waals surface area (Å²) in [5, 5.41) is 13.8. The first kappa shape index (κ1) is 14.1. The summed E-state index contributed by atoms with van der Waals surface area (Å²) in [5.74, 6) is 1.06. The molecule has 0 bridgehead atoms. The summed E-state index contributed by atoms with van der Waals surface area (Å²) in [6, 6.07) is 8.54. The zero-order chi connectivity index (χ0) is 13.7. The first-order chi connectivity index (χ1) is 9.30. The van der Waals surface area contributed by atoms with Crippen LogP contribution in [0.25, 0.3) is 11.0 Å². The summed E-state index contributed by atoms with van der Waals surface area (Å²) < 4.78 is 5.88. The number of aliphatic hydroxyl groups excluding tert-OH is 1. The Bertz CT molecular complexity index is 518. The fourth-order valence-electron chi connectivity index (χ4n) is 2.48. The summed E-state index contributed by atoms with van der Waals surface area (Å²) in [5.41, 5.74) is 2.22. The number of para-hydroxylation sites is 1.